The van der Waals surface area contributed by atoms with Crippen LogP contribution in [0.1, 0.15) is 30.9 Å². The highest BCUT2D eigenvalue weighted by molar-refractivity contribution is 7.92. The average Bonchev–Trinajstić information content (AvgIpc) is 2.75. The van der Waals surface area contributed by atoms with Gasteiger partial charge < -0.3 is 0 Å². The molecule has 3 rings (SSSR count). The maximum absolute atomic E-state index is 12.1. The number of rotatable bonds is 7. The van der Waals surface area contributed by atoms with Crippen molar-refractivity contribution in [2.75, 3.05) is 45.2 Å². The number of carbonyl (C=O) groups excluding carboxylic acids is 1. The van der Waals surface area contributed by atoms with Crippen molar-refractivity contribution in [2.45, 2.75) is 24.5 Å². The normalized spacial score (nSPS) is 19.8. The fourth-order valence-corrected chi connectivity index (χ4v) is 5.63. The van der Waals surface area contributed by atoms with Crippen LogP contribution in [0.25, 0.3) is 5.57 Å². The molecule has 9 nitrogen and oxygen atoms in total. The minimum absolute atomic E-state index is 0.0643. The van der Waals surface area contributed by atoms with E-state index in [1.807, 2.05) is 24.3 Å². The number of hydrogen-bond acceptors (Lipinski definition) is 7. The summed E-state index contributed by atoms with van der Waals surface area (Å²) in [7, 11) is -6.83. The molecule has 1 fully saturated rings. The Hall–Kier alpha value is -2.23. The van der Waals surface area contributed by atoms with E-state index in [2.05, 4.69) is 22.8 Å². The molecule has 2 aliphatic rings. The second-order valence-electron chi connectivity index (χ2n) is 9.10. The smallest absolute Gasteiger partial charge is 0.264 e. The Bertz CT molecular complexity index is 1220. The number of sulfonamides is 1. The molecule has 11 heteroatoms. The number of sulfone groups is 1. The Balaban J connectivity index is 1.55. The summed E-state index contributed by atoms with van der Waals surface area (Å²) >= 11 is 0. The van der Waals surface area contributed by atoms with Crippen molar-refractivity contribution in [3.05, 3.63) is 41.5 Å². The van der Waals surface area contributed by atoms with Gasteiger partial charge in [0.05, 0.1) is 6.26 Å². The third-order valence-electron chi connectivity index (χ3n) is 6.59. The van der Waals surface area contributed by atoms with Gasteiger partial charge in [0.1, 0.15) is 0 Å². The number of nitrogens with one attached hydrogen (secondary N) is 1. The molecule has 0 aliphatic carbocycles. The number of amides is 1. The lowest BCUT2D eigenvalue weighted by Crippen LogP contribution is -2.51. The molecular weight excluding hydrogens is 478 g/mol. The fraction of sp³-hybridized carbons (Fsp3) is 0.522. The van der Waals surface area contributed by atoms with Gasteiger partial charge in [0, 0.05) is 50.5 Å². The molecule has 0 saturated carbocycles. The summed E-state index contributed by atoms with van der Waals surface area (Å²) in [5.74, 6) is 5.39. The first-order chi connectivity index (χ1) is 15.8. The molecule has 0 aromatic heterocycles. The summed E-state index contributed by atoms with van der Waals surface area (Å²) < 4.78 is 46.8. The van der Waals surface area contributed by atoms with Gasteiger partial charge in [-0.2, -0.15) is 4.31 Å². The van der Waals surface area contributed by atoms with Crippen LogP contribution < -0.4 is 5.48 Å². The van der Waals surface area contributed by atoms with Crippen molar-refractivity contribution in [2.24, 2.45) is 5.92 Å². The summed E-state index contributed by atoms with van der Waals surface area (Å²) in [5, 5.41) is 8.95. The van der Waals surface area contributed by atoms with Gasteiger partial charge in [-0.1, -0.05) is 30.0 Å². The van der Waals surface area contributed by atoms with Gasteiger partial charge in [-0.05, 0) is 43.0 Å². The quantitative estimate of drug-likeness (QED) is 0.315. The zero-order valence-corrected chi connectivity index (χ0v) is 21.2. The highest BCUT2D eigenvalue weighted by atomic mass is 32.2. The number of hydrogen-bond donors (Lipinski definition) is 2. The predicted molar refractivity (Wildman–Crippen MR) is 130 cm³/mol. The first-order valence-electron chi connectivity index (χ1n) is 11.0. The Kier molecular flexibility index (Phi) is 7.89. The second kappa shape index (κ2) is 10.2. The van der Waals surface area contributed by atoms with Crippen LogP contribution in [0.15, 0.2) is 30.3 Å². The molecular formula is C23H31N3O6S2. The number of nitrogens with zero attached hydrogens (tertiary/aromatic N) is 2. The van der Waals surface area contributed by atoms with Gasteiger partial charge in [-0.3, -0.25) is 14.9 Å². The van der Waals surface area contributed by atoms with Crippen molar-refractivity contribution in [3.8, 4) is 11.8 Å². The zero-order chi connectivity index (χ0) is 25.1. The van der Waals surface area contributed by atoms with Crippen molar-refractivity contribution >= 4 is 31.3 Å². The maximum atomic E-state index is 12.1. The third kappa shape index (κ3) is 6.06. The zero-order valence-electron chi connectivity index (χ0n) is 19.6. The monoisotopic (exact) mass is 509 g/mol. The molecule has 1 atom stereocenters. The van der Waals surface area contributed by atoms with E-state index in [1.54, 1.807) is 0 Å². The van der Waals surface area contributed by atoms with Crippen LogP contribution in [0.2, 0.25) is 0 Å². The molecule has 1 amide bonds. The minimum Gasteiger partial charge on any atom is -0.299 e. The van der Waals surface area contributed by atoms with Gasteiger partial charge in [0.2, 0.25) is 10.0 Å². The highest BCUT2D eigenvalue weighted by Crippen LogP contribution is 2.26. The lowest BCUT2D eigenvalue weighted by Gasteiger charge is -2.33. The molecule has 2 aliphatic heterocycles. The van der Waals surface area contributed by atoms with E-state index < -0.39 is 30.5 Å². The van der Waals surface area contributed by atoms with Gasteiger partial charge in [-0.25, -0.2) is 22.3 Å². The molecule has 1 saturated heterocycles. The number of carbonyl (C=O) groups is 1. The summed E-state index contributed by atoms with van der Waals surface area (Å²) in [5.41, 5.74) is 4.64. The van der Waals surface area contributed by atoms with Crippen LogP contribution in [-0.2, 0) is 24.7 Å². The first-order valence-corrected chi connectivity index (χ1v) is 14.7. The third-order valence-corrected chi connectivity index (χ3v) is 9.85. The van der Waals surface area contributed by atoms with Crippen molar-refractivity contribution in [1.82, 2.24) is 14.7 Å². The van der Waals surface area contributed by atoms with Crippen molar-refractivity contribution in [1.29, 1.82) is 0 Å². The highest BCUT2D eigenvalue weighted by Gasteiger charge is 2.43. The van der Waals surface area contributed by atoms with Crippen LogP contribution in [-0.4, -0.2) is 87.1 Å². The lowest BCUT2D eigenvalue weighted by molar-refractivity contribution is -0.131. The standard InChI is InChI=1S/C23H31N3O6S2/c1-23(22(27)24-28,33(2,29)30)12-15-25-13-10-21(11-14-25)20-8-6-18(7-9-20)4-5-19-16-26(17-19)34(3,31)32/h6-10,19,28H,11-17H2,1-3H3,(H,24,27). The number of benzene rings is 1. The van der Waals surface area contributed by atoms with E-state index in [9.17, 15) is 21.6 Å². The van der Waals surface area contributed by atoms with Crippen LogP contribution >= 0.6 is 0 Å². The van der Waals surface area contributed by atoms with Gasteiger partial charge in [-0.15, -0.1) is 0 Å². The molecule has 186 valence electrons. The van der Waals surface area contributed by atoms with Gasteiger partial charge in [0.15, 0.2) is 14.6 Å². The Morgan fingerprint density at radius 3 is 2.32 bits per heavy atom. The van der Waals surface area contributed by atoms with E-state index >= 15 is 0 Å². The van der Waals surface area contributed by atoms with E-state index in [4.69, 9.17) is 5.21 Å². The fourth-order valence-electron chi connectivity index (χ4n) is 3.89. The van der Waals surface area contributed by atoms with Crippen molar-refractivity contribution in [3.63, 3.8) is 0 Å². The van der Waals surface area contributed by atoms with Crippen molar-refractivity contribution < 1.29 is 26.8 Å². The molecule has 0 spiro atoms. The Morgan fingerprint density at radius 1 is 1.18 bits per heavy atom. The molecule has 1 unspecified atom stereocenters. The minimum atomic E-state index is -3.71. The van der Waals surface area contributed by atoms with E-state index in [0.717, 1.165) is 30.3 Å². The molecule has 34 heavy (non-hydrogen) atoms. The van der Waals surface area contributed by atoms with Gasteiger partial charge >= 0.3 is 0 Å². The summed E-state index contributed by atoms with van der Waals surface area (Å²) in [6.07, 6.45) is 5.17. The van der Waals surface area contributed by atoms with Crippen LogP contribution in [0.3, 0.4) is 0 Å². The first kappa shape index (κ1) is 26.4. The molecule has 2 N–H and O–H groups in total. The summed E-state index contributed by atoms with van der Waals surface area (Å²) in [6.45, 7) is 3.99. The maximum Gasteiger partial charge on any atom is 0.264 e. The largest absolute Gasteiger partial charge is 0.299 e. The second-order valence-corrected chi connectivity index (χ2v) is 13.5. The molecule has 0 bridgehead atoms. The Morgan fingerprint density at radius 2 is 1.82 bits per heavy atom. The summed E-state index contributed by atoms with van der Waals surface area (Å²) in [4.78, 5) is 14.0. The van der Waals surface area contributed by atoms with Crippen LogP contribution in [0.5, 0.6) is 0 Å². The van der Waals surface area contributed by atoms with Crippen LogP contribution in [0, 0.1) is 17.8 Å². The predicted octanol–water partition coefficient (Wildman–Crippen LogP) is 0.717. The lowest BCUT2D eigenvalue weighted by atomic mass is 9.97. The summed E-state index contributed by atoms with van der Waals surface area (Å²) in [6, 6.07) is 7.93. The van der Waals surface area contributed by atoms with E-state index in [-0.39, 0.29) is 12.3 Å². The molecule has 2 heterocycles. The Labute approximate surface area is 201 Å². The topological polar surface area (TPSA) is 124 Å². The van der Waals surface area contributed by atoms with E-state index in [1.165, 1.54) is 28.5 Å². The number of hydroxylamine groups is 1. The molecule has 0 radical (unpaired) electrons. The molecule has 1 aromatic carbocycles. The van der Waals surface area contributed by atoms with Gasteiger partial charge in [0.25, 0.3) is 5.91 Å². The van der Waals surface area contributed by atoms with Crippen LogP contribution in [0.4, 0.5) is 0 Å². The SMILES string of the molecule is CC(CCN1CC=C(c2ccc(C#CC3CN(S(C)(=O)=O)C3)cc2)CC1)(C(=O)NO)S(C)(=O)=O. The van der Waals surface area contributed by atoms with E-state index in [0.29, 0.717) is 26.2 Å². The average molecular weight is 510 g/mol. The molecule has 1 aromatic rings.